The van der Waals surface area contributed by atoms with Crippen molar-refractivity contribution in [3.8, 4) is 17.1 Å². The van der Waals surface area contributed by atoms with Crippen LogP contribution < -0.4 is 11.4 Å². The van der Waals surface area contributed by atoms with E-state index >= 15 is 0 Å². The molecule has 3 aromatic rings. The van der Waals surface area contributed by atoms with Crippen LogP contribution in [0.3, 0.4) is 0 Å². The van der Waals surface area contributed by atoms with E-state index in [4.69, 9.17) is 17.3 Å². The quantitative estimate of drug-likeness (QED) is 0.793. The summed E-state index contributed by atoms with van der Waals surface area (Å²) in [5, 5.41) is 4.73. The van der Waals surface area contributed by atoms with Gasteiger partial charge >= 0.3 is 5.69 Å². The largest absolute Gasteiger partial charge is 0.368 e. The predicted octanol–water partition coefficient (Wildman–Crippen LogP) is 1.84. The van der Waals surface area contributed by atoms with Gasteiger partial charge in [-0.15, -0.1) is 5.10 Å². The van der Waals surface area contributed by atoms with Crippen molar-refractivity contribution in [3.63, 3.8) is 0 Å². The van der Waals surface area contributed by atoms with Crippen molar-refractivity contribution in [2.24, 2.45) is 5.73 Å². The molecule has 1 aromatic heterocycles. The van der Waals surface area contributed by atoms with Crippen molar-refractivity contribution >= 4 is 17.5 Å². The Labute approximate surface area is 136 Å². The molecule has 6 nitrogen and oxygen atoms in total. The molecule has 116 valence electrons. The van der Waals surface area contributed by atoms with Gasteiger partial charge in [-0.05, 0) is 12.1 Å². The molecule has 0 radical (unpaired) electrons. The van der Waals surface area contributed by atoms with Crippen LogP contribution in [0.5, 0.6) is 0 Å². The zero-order chi connectivity index (χ0) is 16.4. The number of hydrogen-bond acceptors (Lipinski definition) is 3. The minimum atomic E-state index is -0.622. The molecular formula is C16H13ClN4O2. The number of aromatic nitrogens is 3. The molecule has 0 aliphatic heterocycles. The first-order valence-corrected chi connectivity index (χ1v) is 7.24. The lowest BCUT2D eigenvalue weighted by atomic mass is 10.2. The Morgan fingerprint density at radius 2 is 1.74 bits per heavy atom. The molecule has 7 heteroatoms. The topological polar surface area (TPSA) is 82.9 Å². The van der Waals surface area contributed by atoms with E-state index in [1.54, 1.807) is 36.4 Å². The standard InChI is InChI=1S/C16H13ClN4O2/c17-12-8-4-5-9-13(12)21-16(23)20(10-14(18)22)15(19-21)11-6-2-1-3-7-11/h1-9H,10H2,(H2,18,22). The molecule has 0 spiro atoms. The number of hydrogen-bond donors (Lipinski definition) is 1. The molecule has 0 aliphatic carbocycles. The van der Waals surface area contributed by atoms with Crippen LogP contribution in [0.2, 0.25) is 5.02 Å². The van der Waals surface area contributed by atoms with Gasteiger partial charge in [0.25, 0.3) is 0 Å². The maximum atomic E-state index is 12.6. The number of primary amides is 1. The van der Waals surface area contributed by atoms with Crippen LogP contribution in [0.15, 0.2) is 59.4 Å². The van der Waals surface area contributed by atoms with E-state index in [0.717, 1.165) is 0 Å². The number of amides is 1. The van der Waals surface area contributed by atoms with Crippen LogP contribution >= 0.6 is 11.6 Å². The normalized spacial score (nSPS) is 10.7. The maximum Gasteiger partial charge on any atom is 0.351 e. The average Bonchev–Trinajstić information content (AvgIpc) is 2.85. The second-order valence-electron chi connectivity index (χ2n) is 4.89. The fraction of sp³-hybridized carbons (Fsp3) is 0.0625. The molecule has 0 atom stereocenters. The van der Waals surface area contributed by atoms with Crippen molar-refractivity contribution in [2.75, 3.05) is 0 Å². The number of rotatable bonds is 4. The van der Waals surface area contributed by atoms with Crippen LogP contribution in [0, 0.1) is 0 Å². The van der Waals surface area contributed by atoms with Crippen molar-refractivity contribution in [2.45, 2.75) is 6.54 Å². The molecule has 0 bridgehead atoms. The number of nitrogens with zero attached hydrogens (tertiary/aromatic N) is 3. The maximum absolute atomic E-state index is 12.6. The van der Waals surface area contributed by atoms with E-state index in [2.05, 4.69) is 5.10 Å². The number of nitrogens with two attached hydrogens (primary N) is 1. The monoisotopic (exact) mass is 328 g/mol. The highest BCUT2D eigenvalue weighted by Gasteiger charge is 2.18. The average molecular weight is 329 g/mol. The predicted molar refractivity (Wildman–Crippen MR) is 87.5 cm³/mol. The van der Waals surface area contributed by atoms with Gasteiger partial charge < -0.3 is 5.73 Å². The third-order valence-electron chi connectivity index (χ3n) is 3.29. The minimum Gasteiger partial charge on any atom is -0.368 e. The molecule has 0 aliphatic rings. The van der Waals surface area contributed by atoms with Gasteiger partial charge in [-0.25, -0.2) is 4.79 Å². The molecule has 0 saturated heterocycles. The first-order valence-electron chi connectivity index (χ1n) is 6.86. The van der Waals surface area contributed by atoms with Crippen LogP contribution in [0.25, 0.3) is 17.1 Å². The number of halogens is 1. The van der Waals surface area contributed by atoms with Crippen molar-refractivity contribution in [1.82, 2.24) is 14.3 Å². The van der Waals surface area contributed by atoms with Crippen LogP contribution in [-0.2, 0) is 11.3 Å². The Morgan fingerprint density at radius 3 is 2.39 bits per heavy atom. The van der Waals surface area contributed by atoms with E-state index in [1.807, 2.05) is 18.2 Å². The third kappa shape index (κ3) is 2.89. The van der Waals surface area contributed by atoms with Gasteiger partial charge in [-0.1, -0.05) is 54.1 Å². The number of carbonyl (C=O) groups excluding carboxylic acids is 1. The van der Waals surface area contributed by atoms with Gasteiger partial charge in [0, 0.05) is 5.56 Å². The molecule has 0 saturated carbocycles. The number of benzene rings is 2. The molecular weight excluding hydrogens is 316 g/mol. The van der Waals surface area contributed by atoms with Gasteiger partial charge in [0.05, 0.1) is 10.7 Å². The Balaban J connectivity index is 2.24. The third-order valence-corrected chi connectivity index (χ3v) is 3.61. The number of carbonyl (C=O) groups is 1. The molecule has 2 N–H and O–H groups in total. The molecule has 1 heterocycles. The highest BCUT2D eigenvalue weighted by atomic mass is 35.5. The van der Waals surface area contributed by atoms with E-state index < -0.39 is 11.6 Å². The Hall–Kier alpha value is -2.86. The van der Waals surface area contributed by atoms with E-state index in [9.17, 15) is 9.59 Å². The first kappa shape index (κ1) is 15.1. The second-order valence-corrected chi connectivity index (χ2v) is 5.30. The summed E-state index contributed by atoms with van der Waals surface area (Å²) < 4.78 is 2.41. The van der Waals surface area contributed by atoms with Gasteiger partial charge in [-0.2, -0.15) is 4.68 Å². The highest BCUT2D eigenvalue weighted by molar-refractivity contribution is 6.32. The molecule has 2 aromatic carbocycles. The molecule has 0 fully saturated rings. The zero-order valence-corrected chi connectivity index (χ0v) is 12.8. The Kier molecular flexibility index (Phi) is 3.99. The van der Waals surface area contributed by atoms with E-state index in [1.165, 1.54) is 9.25 Å². The van der Waals surface area contributed by atoms with E-state index in [-0.39, 0.29) is 6.54 Å². The summed E-state index contributed by atoms with van der Waals surface area (Å²) in [5.41, 5.74) is 5.93. The molecule has 3 rings (SSSR count). The summed E-state index contributed by atoms with van der Waals surface area (Å²) in [6.07, 6.45) is 0. The van der Waals surface area contributed by atoms with Crippen LogP contribution in [0.4, 0.5) is 0 Å². The first-order chi connectivity index (χ1) is 11.1. The number of para-hydroxylation sites is 1. The smallest absolute Gasteiger partial charge is 0.351 e. The zero-order valence-electron chi connectivity index (χ0n) is 12.0. The van der Waals surface area contributed by atoms with Gasteiger partial charge in [0.1, 0.15) is 6.54 Å². The summed E-state index contributed by atoms with van der Waals surface area (Å²) in [7, 11) is 0. The fourth-order valence-electron chi connectivity index (χ4n) is 2.28. The Bertz CT molecular complexity index is 915. The lowest BCUT2D eigenvalue weighted by Gasteiger charge is -2.02. The Morgan fingerprint density at radius 1 is 1.09 bits per heavy atom. The summed E-state index contributed by atoms with van der Waals surface area (Å²) in [6, 6.07) is 16.0. The molecule has 1 amide bonds. The summed E-state index contributed by atoms with van der Waals surface area (Å²) in [4.78, 5) is 24.0. The van der Waals surface area contributed by atoms with Gasteiger partial charge in [0.15, 0.2) is 5.82 Å². The molecule has 23 heavy (non-hydrogen) atoms. The van der Waals surface area contributed by atoms with E-state index in [0.29, 0.717) is 22.1 Å². The van der Waals surface area contributed by atoms with Crippen LogP contribution in [-0.4, -0.2) is 20.3 Å². The van der Waals surface area contributed by atoms with Crippen LogP contribution in [0.1, 0.15) is 0 Å². The van der Waals surface area contributed by atoms with Gasteiger partial charge in [0.2, 0.25) is 5.91 Å². The van der Waals surface area contributed by atoms with Crippen molar-refractivity contribution in [3.05, 3.63) is 70.1 Å². The summed E-state index contributed by atoms with van der Waals surface area (Å²) >= 11 is 6.14. The lowest BCUT2D eigenvalue weighted by molar-refractivity contribution is -0.118. The lowest BCUT2D eigenvalue weighted by Crippen LogP contribution is -2.29. The summed E-state index contributed by atoms with van der Waals surface area (Å²) in [5.74, 6) is -0.266. The molecule has 0 unspecified atom stereocenters. The summed E-state index contributed by atoms with van der Waals surface area (Å²) in [6.45, 7) is -0.256. The van der Waals surface area contributed by atoms with Crippen molar-refractivity contribution < 1.29 is 4.79 Å². The van der Waals surface area contributed by atoms with Gasteiger partial charge in [-0.3, -0.25) is 9.36 Å². The fourth-order valence-corrected chi connectivity index (χ4v) is 2.49. The minimum absolute atomic E-state index is 0.256. The highest BCUT2D eigenvalue weighted by Crippen LogP contribution is 2.20. The SMILES string of the molecule is NC(=O)Cn1c(-c2ccccc2)nn(-c2ccccc2Cl)c1=O. The van der Waals surface area contributed by atoms with Crippen molar-refractivity contribution in [1.29, 1.82) is 0 Å². The second kappa shape index (κ2) is 6.10.